The minimum atomic E-state index is -3.01. The first-order valence-corrected chi connectivity index (χ1v) is 8.64. The van der Waals surface area contributed by atoms with Crippen molar-refractivity contribution in [3.63, 3.8) is 0 Å². The number of nitrogens with zero attached hydrogens (tertiary/aromatic N) is 1. The molecule has 140 valence electrons. The van der Waals surface area contributed by atoms with Crippen LogP contribution in [-0.2, 0) is 14.4 Å². The monoisotopic (exact) mass is 386 g/mol. The van der Waals surface area contributed by atoms with Gasteiger partial charge in [0, 0.05) is 5.69 Å². The molecule has 26 heavy (non-hydrogen) atoms. The van der Waals surface area contributed by atoms with Crippen molar-refractivity contribution in [3.05, 3.63) is 23.2 Å². The van der Waals surface area contributed by atoms with Crippen LogP contribution in [-0.4, -0.2) is 35.8 Å². The second-order valence-corrected chi connectivity index (χ2v) is 6.74. The molecule has 1 aliphatic heterocycles. The normalized spacial score (nSPS) is 22.5. The van der Waals surface area contributed by atoms with Gasteiger partial charge in [0.25, 0.3) is 0 Å². The van der Waals surface area contributed by atoms with Gasteiger partial charge in [-0.3, -0.25) is 19.3 Å². The van der Waals surface area contributed by atoms with Crippen LogP contribution in [0.3, 0.4) is 0 Å². The molecule has 1 saturated heterocycles. The van der Waals surface area contributed by atoms with Crippen molar-refractivity contribution in [2.24, 2.45) is 11.8 Å². The van der Waals surface area contributed by atoms with E-state index in [1.807, 2.05) is 0 Å². The zero-order chi connectivity index (χ0) is 18.8. The Morgan fingerprint density at radius 1 is 1.23 bits per heavy atom. The Bertz CT molecular complexity index is 719. The summed E-state index contributed by atoms with van der Waals surface area (Å²) in [6, 6.07) is 3.80. The van der Waals surface area contributed by atoms with E-state index in [2.05, 4.69) is 10.1 Å². The van der Waals surface area contributed by atoms with Crippen molar-refractivity contribution in [2.75, 3.05) is 11.9 Å². The second-order valence-electron chi connectivity index (χ2n) is 6.33. The number of hydrogen-bond acceptors (Lipinski definition) is 4. The van der Waals surface area contributed by atoms with Crippen LogP contribution >= 0.6 is 11.6 Å². The number of amides is 3. The van der Waals surface area contributed by atoms with Gasteiger partial charge in [-0.05, 0) is 31.0 Å². The molecule has 1 aliphatic carbocycles. The zero-order valence-electron chi connectivity index (χ0n) is 13.7. The van der Waals surface area contributed by atoms with Crippen LogP contribution in [0.25, 0.3) is 0 Å². The lowest BCUT2D eigenvalue weighted by Crippen LogP contribution is -2.38. The third kappa shape index (κ3) is 3.80. The van der Waals surface area contributed by atoms with E-state index in [9.17, 15) is 23.2 Å². The Morgan fingerprint density at radius 2 is 1.85 bits per heavy atom. The number of likely N-dealkylation sites (tertiary alicyclic amines) is 1. The Morgan fingerprint density at radius 3 is 2.38 bits per heavy atom. The summed E-state index contributed by atoms with van der Waals surface area (Å²) in [6.45, 7) is -3.39. The van der Waals surface area contributed by atoms with Crippen LogP contribution in [0.5, 0.6) is 5.75 Å². The number of ether oxygens (including phenoxy) is 1. The van der Waals surface area contributed by atoms with Crippen molar-refractivity contribution < 1.29 is 27.9 Å². The summed E-state index contributed by atoms with van der Waals surface area (Å²) < 4.78 is 28.7. The maximum Gasteiger partial charge on any atom is 0.387 e. The summed E-state index contributed by atoms with van der Waals surface area (Å²) in [7, 11) is 0. The first-order valence-electron chi connectivity index (χ1n) is 8.26. The number of carbonyl (C=O) groups excluding carboxylic acids is 3. The van der Waals surface area contributed by atoms with E-state index in [0.717, 1.165) is 17.7 Å². The maximum atomic E-state index is 12.4. The van der Waals surface area contributed by atoms with Gasteiger partial charge in [-0.1, -0.05) is 24.4 Å². The Balaban J connectivity index is 1.63. The number of imide groups is 1. The van der Waals surface area contributed by atoms with Crippen LogP contribution in [0.4, 0.5) is 14.5 Å². The van der Waals surface area contributed by atoms with Crippen LogP contribution in [0, 0.1) is 11.8 Å². The predicted molar refractivity (Wildman–Crippen MR) is 88.9 cm³/mol. The van der Waals surface area contributed by atoms with Crippen molar-refractivity contribution in [1.82, 2.24) is 4.90 Å². The highest BCUT2D eigenvalue weighted by molar-refractivity contribution is 6.32. The molecule has 6 nitrogen and oxygen atoms in total. The van der Waals surface area contributed by atoms with Gasteiger partial charge in [0.05, 0.1) is 16.9 Å². The largest absolute Gasteiger partial charge is 0.433 e. The first-order chi connectivity index (χ1) is 12.4. The number of fused-ring (bicyclic) bond motifs is 1. The fraction of sp³-hybridized carbons (Fsp3) is 0.471. The van der Waals surface area contributed by atoms with Gasteiger partial charge in [-0.2, -0.15) is 8.78 Å². The summed E-state index contributed by atoms with van der Waals surface area (Å²) in [5, 5.41) is 2.41. The summed E-state index contributed by atoms with van der Waals surface area (Å²) in [5.41, 5.74) is 0.248. The summed E-state index contributed by atoms with van der Waals surface area (Å²) in [6.07, 6.45) is 3.17. The first kappa shape index (κ1) is 18.6. The third-order valence-corrected chi connectivity index (χ3v) is 4.96. The van der Waals surface area contributed by atoms with Gasteiger partial charge >= 0.3 is 6.61 Å². The number of nitrogens with one attached hydrogen (secondary N) is 1. The molecule has 3 amide bonds. The molecule has 0 radical (unpaired) electrons. The number of rotatable bonds is 5. The molecule has 1 aromatic carbocycles. The molecular formula is C17H17ClF2N2O4. The minimum Gasteiger partial charge on any atom is -0.433 e. The highest BCUT2D eigenvalue weighted by Crippen LogP contribution is 2.38. The molecule has 0 aromatic heterocycles. The minimum absolute atomic E-state index is 0.0950. The molecule has 3 rings (SSSR count). The molecule has 0 bridgehead atoms. The summed E-state index contributed by atoms with van der Waals surface area (Å²) >= 11 is 5.83. The van der Waals surface area contributed by atoms with Crippen molar-refractivity contribution in [2.45, 2.75) is 32.3 Å². The van der Waals surface area contributed by atoms with Gasteiger partial charge in [0.1, 0.15) is 12.3 Å². The topological polar surface area (TPSA) is 75.7 Å². The highest BCUT2D eigenvalue weighted by atomic mass is 35.5. The quantitative estimate of drug-likeness (QED) is 0.789. The molecule has 1 heterocycles. The summed E-state index contributed by atoms with van der Waals surface area (Å²) in [4.78, 5) is 37.9. The van der Waals surface area contributed by atoms with E-state index in [0.29, 0.717) is 12.8 Å². The molecule has 0 spiro atoms. The number of hydrogen-bond donors (Lipinski definition) is 1. The number of halogens is 3. The van der Waals surface area contributed by atoms with Crippen LogP contribution in [0.2, 0.25) is 5.02 Å². The van der Waals surface area contributed by atoms with E-state index in [4.69, 9.17) is 11.6 Å². The molecule has 2 aliphatic rings. The van der Waals surface area contributed by atoms with Crippen molar-refractivity contribution in [3.8, 4) is 5.75 Å². The maximum absolute atomic E-state index is 12.4. The fourth-order valence-electron chi connectivity index (χ4n) is 3.50. The average Bonchev–Trinajstić information content (AvgIpc) is 2.82. The molecule has 1 N–H and O–H groups in total. The number of carbonyl (C=O) groups is 3. The van der Waals surface area contributed by atoms with E-state index in [1.165, 1.54) is 18.2 Å². The van der Waals surface area contributed by atoms with Gasteiger partial charge < -0.3 is 10.1 Å². The number of benzene rings is 1. The second kappa shape index (κ2) is 7.57. The fourth-order valence-corrected chi connectivity index (χ4v) is 3.73. The highest BCUT2D eigenvalue weighted by Gasteiger charge is 2.48. The average molecular weight is 387 g/mol. The smallest absolute Gasteiger partial charge is 0.387 e. The Labute approximate surface area is 153 Å². The number of anilines is 1. The lowest BCUT2D eigenvalue weighted by atomic mass is 9.81. The molecule has 9 heteroatoms. The van der Waals surface area contributed by atoms with Gasteiger partial charge in [-0.15, -0.1) is 0 Å². The van der Waals surface area contributed by atoms with Gasteiger partial charge in [0.2, 0.25) is 17.7 Å². The zero-order valence-corrected chi connectivity index (χ0v) is 14.5. The molecule has 1 saturated carbocycles. The Kier molecular flexibility index (Phi) is 5.41. The van der Waals surface area contributed by atoms with Gasteiger partial charge in [0.15, 0.2) is 0 Å². The van der Waals surface area contributed by atoms with Crippen LogP contribution in [0.1, 0.15) is 25.7 Å². The van der Waals surface area contributed by atoms with E-state index >= 15 is 0 Å². The third-order valence-electron chi connectivity index (χ3n) is 4.67. The molecule has 0 unspecified atom stereocenters. The predicted octanol–water partition coefficient (Wildman–Crippen LogP) is 3.06. The van der Waals surface area contributed by atoms with E-state index < -0.39 is 12.5 Å². The van der Waals surface area contributed by atoms with Gasteiger partial charge in [-0.25, -0.2) is 0 Å². The van der Waals surface area contributed by atoms with Crippen LogP contribution in [0.15, 0.2) is 18.2 Å². The standard InChI is InChI=1S/C17H17ClF2N2O4/c18-12-7-9(5-6-13(12)26-17(19)20)21-14(23)8-22-15(24)10-3-1-2-4-11(10)16(22)25/h5-7,10-11,17H,1-4,8H2,(H,21,23)/t10-,11-/m1/s1. The van der Waals surface area contributed by atoms with Crippen molar-refractivity contribution in [1.29, 1.82) is 0 Å². The molecular weight excluding hydrogens is 370 g/mol. The van der Waals surface area contributed by atoms with E-state index in [-0.39, 0.29) is 46.7 Å². The lowest BCUT2D eigenvalue weighted by molar-refractivity contribution is -0.142. The van der Waals surface area contributed by atoms with Crippen LogP contribution < -0.4 is 10.1 Å². The molecule has 2 atom stereocenters. The Hall–Kier alpha value is -2.22. The number of alkyl halides is 2. The lowest BCUT2D eigenvalue weighted by Gasteiger charge is -2.19. The molecule has 1 aromatic rings. The SMILES string of the molecule is O=C(CN1C(=O)[C@@H]2CCCC[C@H]2C1=O)Nc1ccc(OC(F)F)c(Cl)c1. The van der Waals surface area contributed by atoms with Crippen molar-refractivity contribution >= 4 is 35.0 Å². The summed E-state index contributed by atoms with van der Waals surface area (Å²) in [5.74, 6) is -2.01. The molecule has 2 fully saturated rings. The van der Waals surface area contributed by atoms with E-state index in [1.54, 1.807) is 0 Å².